The molecule has 0 unspecified atom stereocenters. The summed E-state index contributed by atoms with van der Waals surface area (Å²) < 4.78 is 0.928. The van der Waals surface area contributed by atoms with E-state index in [1.54, 1.807) is 18.3 Å². The highest BCUT2D eigenvalue weighted by Crippen LogP contribution is 2.31. The van der Waals surface area contributed by atoms with Gasteiger partial charge in [-0.1, -0.05) is 28.1 Å². The van der Waals surface area contributed by atoms with Crippen molar-refractivity contribution in [3.63, 3.8) is 0 Å². The van der Waals surface area contributed by atoms with Gasteiger partial charge in [0, 0.05) is 40.1 Å². The molecule has 3 rings (SSSR count). The number of aromatic nitrogens is 1. The summed E-state index contributed by atoms with van der Waals surface area (Å²) in [5.41, 5.74) is 3.26. The zero-order valence-corrected chi connectivity index (χ0v) is 17.7. The number of amides is 1. The first-order chi connectivity index (χ1) is 14.0. The Bertz CT molecular complexity index is 1120. The number of rotatable bonds is 6. The van der Waals surface area contributed by atoms with Gasteiger partial charge in [0.1, 0.15) is 6.07 Å². The van der Waals surface area contributed by atoms with Crippen LogP contribution in [-0.2, 0) is 4.79 Å². The molecule has 2 N–H and O–H groups in total. The zero-order chi connectivity index (χ0) is 20.8. The lowest BCUT2D eigenvalue weighted by atomic mass is 10.1. The van der Waals surface area contributed by atoms with Crippen LogP contribution >= 0.6 is 15.9 Å². The number of nitrogens with one attached hydrogen (secondary N) is 2. The van der Waals surface area contributed by atoms with Crippen molar-refractivity contribution in [3.8, 4) is 6.07 Å². The minimum atomic E-state index is -0.211. The Morgan fingerprint density at radius 1 is 1.24 bits per heavy atom. The van der Waals surface area contributed by atoms with Gasteiger partial charge in [-0.25, -0.2) is 0 Å². The van der Waals surface area contributed by atoms with Crippen LogP contribution in [0.2, 0.25) is 0 Å². The summed E-state index contributed by atoms with van der Waals surface area (Å²) in [6.07, 6.45) is 4.85. The molecule has 0 saturated heterocycles. The van der Waals surface area contributed by atoms with E-state index in [1.807, 2.05) is 55.4 Å². The van der Waals surface area contributed by atoms with E-state index in [0.29, 0.717) is 23.5 Å². The molecule has 0 spiro atoms. The molecule has 29 heavy (non-hydrogen) atoms. The second-order valence-electron chi connectivity index (χ2n) is 6.68. The Kier molecular flexibility index (Phi) is 6.60. The highest BCUT2D eigenvalue weighted by atomic mass is 79.9. The molecule has 0 atom stereocenters. The summed E-state index contributed by atoms with van der Waals surface area (Å²) >= 11 is 3.45. The van der Waals surface area contributed by atoms with E-state index in [0.717, 1.165) is 21.1 Å². The van der Waals surface area contributed by atoms with Crippen molar-refractivity contribution >= 4 is 49.8 Å². The number of anilines is 3. The maximum absolute atomic E-state index is 12.2. The third kappa shape index (κ3) is 5.41. The number of nitrogens with zero attached hydrogens (tertiary/aromatic N) is 3. The van der Waals surface area contributed by atoms with Crippen LogP contribution in [0.15, 0.2) is 65.3 Å². The summed E-state index contributed by atoms with van der Waals surface area (Å²) in [7, 11) is 3.87. The first kappa shape index (κ1) is 20.5. The largest absolute Gasteiger partial charge is 0.354 e. The third-order valence-electron chi connectivity index (χ3n) is 4.09. The number of benzene rings is 2. The number of fused-ring (bicyclic) bond motifs is 1. The molecule has 0 radical (unpaired) electrons. The quantitative estimate of drug-likeness (QED) is 0.534. The van der Waals surface area contributed by atoms with Crippen LogP contribution in [0.1, 0.15) is 5.56 Å². The second kappa shape index (κ2) is 9.32. The lowest BCUT2D eigenvalue weighted by Gasteiger charge is -2.13. The zero-order valence-electron chi connectivity index (χ0n) is 16.1. The summed E-state index contributed by atoms with van der Waals surface area (Å²) in [4.78, 5) is 18.5. The Hall–Kier alpha value is -3.21. The Labute approximate surface area is 178 Å². The monoisotopic (exact) mass is 449 g/mol. The number of hydrogen-bond donors (Lipinski definition) is 2. The minimum absolute atomic E-state index is 0.211. The van der Waals surface area contributed by atoms with E-state index in [2.05, 4.69) is 37.6 Å². The van der Waals surface area contributed by atoms with Gasteiger partial charge >= 0.3 is 0 Å². The van der Waals surface area contributed by atoms with Gasteiger partial charge in [0.15, 0.2) is 0 Å². The lowest BCUT2D eigenvalue weighted by molar-refractivity contribution is -0.111. The van der Waals surface area contributed by atoms with E-state index in [4.69, 9.17) is 0 Å². The summed E-state index contributed by atoms with van der Waals surface area (Å²) in [6.45, 7) is 0.682. The van der Waals surface area contributed by atoms with Crippen molar-refractivity contribution in [2.24, 2.45) is 0 Å². The second-order valence-corrected chi connectivity index (χ2v) is 7.60. The minimum Gasteiger partial charge on any atom is -0.354 e. The molecule has 146 valence electrons. The molecule has 0 bridgehead atoms. The smallest absolute Gasteiger partial charge is 0.248 e. The Balaban J connectivity index is 1.95. The molecule has 7 heteroatoms. The Morgan fingerprint density at radius 3 is 2.79 bits per heavy atom. The summed E-state index contributed by atoms with van der Waals surface area (Å²) in [5, 5.41) is 16.5. The fraction of sp³-hybridized carbons (Fsp3) is 0.136. The van der Waals surface area contributed by atoms with E-state index in [-0.39, 0.29) is 5.91 Å². The van der Waals surface area contributed by atoms with Gasteiger partial charge in [-0.05, 0) is 50.5 Å². The number of carbonyl (C=O) groups excluding carboxylic acids is 1. The summed E-state index contributed by atoms with van der Waals surface area (Å²) in [6, 6.07) is 15.3. The molecule has 0 saturated carbocycles. The highest BCUT2D eigenvalue weighted by molar-refractivity contribution is 9.10. The number of likely N-dealkylation sites (N-methyl/N-ethyl adjacent to an activating group) is 1. The number of carbonyl (C=O) groups is 1. The van der Waals surface area contributed by atoms with Crippen molar-refractivity contribution in [3.05, 3.63) is 70.8 Å². The molecule has 0 aliphatic heterocycles. The fourth-order valence-corrected chi connectivity index (χ4v) is 3.15. The molecule has 0 fully saturated rings. The topological polar surface area (TPSA) is 81.1 Å². The van der Waals surface area contributed by atoms with Crippen molar-refractivity contribution in [2.75, 3.05) is 31.3 Å². The lowest BCUT2D eigenvalue weighted by Crippen LogP contribution is -2.12. The normalized spacial score (nSPS) is 11.0. The van der Waals surface area contributed by atoms with Crippen molar-refractivity contribution in [2.45, 2.75) is 0 Å². The van der Waals surface area contributed by atoms with E-state index in [9.17, 15) is 10.1 Å². The average molecular weight is 450 g/mol. The van der Waals surface area contributed by atoms with Crippen LogP contribution in [0.5, 0.6) is 0 Å². The predicted molar refractivity (Wildman–Crippen MR) is 120 cm³/mol. The van der Waals surface area contributed by atoms with Gasteiger partial charge in [-0.3, -0.25) is 9.78 Å². The summed E-state index contributed by atoms with van der Waals surface area (Å²) in [5.74, 6) is -0.211. The molecular formula is C22H20BrN5O. The van der Waals surface area contributed by atoms with Gasteiger partial charge in [0.05, 0.1) is 16.8 Å². The van der Waals surface area contributed by atoms with Crippen LogP contribution in [0.4, 0.5) is 17.1 Å². The van der Waals surface area contributed by atoms with Crippen LogP contribution in [0, 0.1) is 11.3 Å². The number of pyridine rings is 1. The molecule has 1 aromatic heterocycles. The molecule has 3 aromatic rings. The van der Waals surface area contributed by atoms with Gasteiger partial charge < -0.3 is 15.5 Å². The van der Waals surface area contributed by atoms with Crippen molar-refractivity contribution < 1.29 is 4.79 Å². The molecule has 2 aromatic carbocycles. The highest BCUT2D eigenvalue weighted by Gasteiger charge is 2.11. The van der Waals surface area contributed by atoms with Crippen molar-refractivity contribution in [1.82, 2.24) is 9.88 Å². The molecule has 1 amide bonds. The molecule has 0 aliphatic rings. The fourth-order valence-electron chi connectivity index (χ4n) is 2.75. The third-order valence-corrected chi connectivity index (χ3v) is 4.58. The average Bonchev–Trinajstić information content (AvgIpc) is 2.68. The van der Waals surface area contributed by atoms with Crippen molar-refractivity contribution in [1.29, 1.82) is 5.26 Å². The maximum Gasteiger partial charge on any atom is 0.248 e. The van der Waals surface area contributed by atoms with Crippen LogP contribution in [-0.4, -0.2) is 36.4 Å². The number of nitriles is 1. The standard InChI is InChI=1S/C22H20BrN5O/c1-28(2)10-4-7-21(29)26-18-8-9-20-19(12-18)22(15(13-24)14-25-20)27-17-6-3-5-16(23)11-17/h3-9,11-12,14H,10H2,1-2H3,(H,25,27)(H,26,29)/b7-4+. The first-order valence-corrected chi connectivity index (χ1v) is 9.73. The molecule has 0 aliphatic carbocycles. The van der Waals surface area contributed by atoms with Gasteiger partial charge in [0.2, 0.25) is 5.91 Å². The van der Waals surface area contributed by atoms with E-state index >= 15 is 0 Å². The molecular weight excluding hydrogens is 430 g/mol. The van der Waals surface area contributed by atoms with Crippen LogP contribution in [0.3, 0.4) is 0 Å². The number of halogens is 1. The SMILES string of the molecule is CN(C)C/C=C/C(=O)Nc1ccc2ncc(C#N)c(Nc3cccc(Br)c3)c2c1. The van der Waals surface area contributed by atoms with Gasteiger partial charge in [-0.2, -0.15) is 5.26 Å². The maximum atomic E-state index is 12.2. The van der Waals surface area contributed by atoms with Crippen LogP contribution in [0.25, 0.3) is 10.9 Å². The predicted octanol–water partition coefficient (Wildman–Crippen LogP) is 4.67. The molecule has 1 heterocycles. The van der Waals surface area contributed by atoms with Crippen LogP contribution < -0.4 is 10.6 Å². The first-order valence-electron chi connectivity index (χ1n) is 8.94. The number of hydrogen-bond acceptors (Lipinski definition) is 5. The van der Waals surface area contributed by atoms with Gasteiger partial charge in [0.25, 0.3) is 0 Å². The Morgan fingerprint density at radius 2 is 2.07 bits per heavy atom. The van der Waals surface area contributed by atoms with E-state index in [1.165, 1.54) is 6.08 Å². The van der Waals surface area contributed by atoms with E-state index < -0.39 is 0 Å². The molecule has 6 nitrogen and oxygen atoms in total. The van der Waals surface area contributed by atoms with Gasteiger partial charge in [-0.15, -0.1) is 0 Å².